The highest BCUT2D eigenvalue weighted by Gasteiger charge is 2.16. The number of halogens is 2. The Bertz CT molecular complexity index is 1260. The van der Waals surface area contributed by atoms with Crippen LogP contribution in [-0.4, -0.2) is 23.0 Å². The van der Waals surface area contributed by atoms with Crippen molar-refractivity contribution in [2.75, 3.05) is 7.05 Å². The second-order valence-corrected chi connectivity index (χ2v) is 6.21. The summed E-state index contributed by atoms with van der Waals surface area (Å²) in [7, 11) is 1.61. The van der Waals surface area contributed by atoms with E-state index in [0.29, 0.717) is 27.7 Å². The highest BCUT2D eigenvalue weighted by Crippen LogP contribution is 2.28. The Morgan fingerprint density at radius 3 is 2.36 bits per heavy atom. The lowest BCUT2D eigenvalue weighted by atomic mass is 10.0. The Hall–Kier alpha value is -3.67. The number of aromatic nitrogens is 2. The lowest BCUT2D eigenvalue weighted by Gasteiger charge is -2.12. The summed E-state index contributed by atoms with van der Waals surface area (Å²) in [4.78, 5) is 16.8. The smallest absolute Gasteiger partial charge is 0.279 e. The SMILES string of the molecule is CN=Cc1ccc(-c2nn(-c3ccc(F)cc3)c(=O)c3ccccc23)c(F)c1. The first-order chi connectivity index (χ1) is 13.6. The van der Waals surface area contributed by atoms with Gasteiger partial charge in [0.15, 0.2) is 0 Å². The topological polar surface area (TPSA) is 47.2 Å². The van der Waals surface area contributed by atoms with Gasteiger partial charge in [-0.15, -0.1) is 0 Å². The molecule has 0 aliphatic rings. The lowest BCUT2D eigenvalue weighted by Crippen LogP contribution is -2.22. The molecule has 0 N–H and O–H groups in total. The third-order valence-electron chi connectivity index (χ3n) is 4.40. The minimum atomic E-state index is -0.473. The molecule has 0 fully saturated rings. The molecule has 1 aromatic heterocycles. The van der Waals surface area contributed by atoms with Crippen LogP contribution in [0.5, 0.6) is 0 Å². The first-order valence-electron chi connectivity index (χ1n) is 8.58. The largest absolute Gasteiger partial charge is 0.296 e. The van der Waals surface area contributed by atoms with Crippen molar-refractivity contribution in [1.82, 2.24) is 9.78 Å². The molecule has 0 unspecified atom stereocenters. The Balaban J connectivity index is 2.02. The summed E-state index contributed by atoms with van der Waals surface area (Å²) >= 11 is 0. The van der Waals surface area contributed by atoms with Gasteiger partial charge in [0, 0.05) is 24.2 Å². The van der Waals surface area contributed by atoms with Gasteiger partial charge in [-0.3, -0.25) is 9.79 Å². The maximum atomic E-state index is 14.8. The molecular weight excluding hydrogens is 360 g/mol. The van der Waals surface area contributed by atoms with E-state index in [4.69, 9.17) is 0 Å². The molecule has 0 radical (unpaired) electrons. The predicted molar refractivity (Wildman–Crippen MR) is 106 cm³/mol. The maximum Gasteiger partial charge on any atom is 0.279 e. The van der Waals surface area contributed by atoms with Gasteiger partial charge in [-0.1, -0.05) is 24.3 Å². The zero-order valence-corrected chi connectivity index (χ0v) is 14.9. The lowest BCUT2D eigenvalue weighted by molar-refractivity contribution is 0.626. The Morgan fingerprint density at radius 2 is 1.68 bits per heavy atom. The van der Waals surface area contributed by atoms with Crippen molar-refractivity contribution in [3.8, 4) is 16.9 Å². The van der Waals surface area contributed by atoms with Crippen LogP contribution in [0.1, 0.15) is 5.56 Å². The van der Waals surface area contributed by atoms with E-state index in [1.807, 2.05) is 0 Å². The molecule has 6 heteroatoms. The number of hydrogen-bond acceptors (Lipinski definition) is 3. The zero-order chi connectivity index (χ0) is 19.7. The number of rotatable bonds is 3. The molecule has 0 aliphatic heterocycles. The first-order valence-corrected chi connectivity index (χ1v) is 8.58. The summed E-state index contributed by atoms with van der Waals surface area (Å²) in [6.45, 7) is 0. The van der Waals surface area contributed by atoms with E-state index in [9.17, 15) is 13.6 Å². The van der Waals surface area contributed by atoms with Crippen molar-refractivity contribution < 1.29 is 8.78 Å². The van der Waals surface area contributed by atoms with Crippen LogP contribution in [0.15, 0.2) is 76.5 Å². The summed E-state index contributed by atoms with van der Waals surface area (Å²) in [5, 5.41) is 5.36. The minimum Gasteiger partial charge on any atom is -0.296 e. The molecule has 4 nitrogen and oxygen atoms in total. The van der Waals surface area contributed by atoms with Crippen molar-refractivity contribution in [1.29, 1.82) is 0 Å². The molecule has 28 heavy (non-hydrogen) atoms. The molecule has 0 aliphatic carbocycles. The molecule has 0 atom stereocenters. The Labute approximate surface area is 159 Å². The predicted octanol–water partition coefficient (Wildman–Crippen LogP) is 4.38. The molecule has 0 saturated heterocycles. The fraction of sp³-hybridized carbons (Fsp3) is 0.0455. The van der Waals surface area contributed by atoms with Crippen molar-refractivity contribution in [3.05, 3.63) is 94.3 Å². The van der Waals surface area contributed by atoms with Crippen LogP contribution in [0.25, 0.3) is 27.7 Å². The third-order valence-corrected chi connectivity index (χ3v) is 4.40. The van der Waals surface area contributed by atoms with Gasteiger partial charge in [0.1, 0.15) is 17.3 Å². The molecule has 1 heterocycles. The van der Waals surface area contributed by atoms with Gasteiger partial charge in [0.2, 0.25) is 0 Å². The molecule has 4 rings (SSSR count). The van der Waals surface area contributed by atoms with Crippen LogP contribution < -0.4 is 5.56 Å². The van der Waals surface area contributed by atoms with Gasteiger partial charge in [-0.05, 0) is 48.0 Å². The van der Waals surface area contributed by atoms with Crippen LogP contribution in [0.4, 0.5) is 8.78 Å². The first kappa shape index (κ1) is 17.7. The van der Waals surface area contributed by atoms with Crippen LogP contribution >= 0.6 is 0 Å². The van der Waals surface area contributed by atoms with Gasteiger partial charge in [-0.25, -0.2) is 8.78 Å². The van der Waals surface area contributed by atoms with E-state index >= 15 is 0 Å². The number of benzene rings is 3. The Kier molecular flexibility index (Phi) is 4.53. The number of fused-ring (bicyclic) bond motifs is 1. The standard InChI is InChI=1S/C22H15F2N3O/c1-25-13-14-6-11-19(20(24)12-14)21-17-4-2-3-5-18(17)22(28)27(26-21)16-9-7-15(23)8-10-16/h2-13H,1H3. The fourth-order valence-corrected chi connectivity index (χ4v) is 3.10. The van der Waals surface area contributed by atoms with Crippen LogP contribution in [0, 0.1) is 11.6 Å². The molecule has 0 spiro atoms. The van der Waals surface area contributed by atoms with Gasteiger partial charge < -0.3 is 0 Å². The zero-order valence-electron chi connectivity index (χ0n) is 14.9. The van der Waals surface area contributed by atoms with E-state index < -0.39 is 11.6 Å². The summed E-state index contributed by atoms with van der Waals surface area (Å²) in [5.74, 6) is -0.892. The van der Waals surface area contributed by atoms with Gasteiger partial charge in [0.25, 0.3) is 5.56 Å². The average molecular weight is 375 g/mol. The summed E-state index contributed by atoms with van der Waals surface area (Å²) in [6.07, 6.45) is 1.55. The van der Waals surface area contributed by atoms with E-state index in [-0.39, 0.29) is 11.1 Å². The Morgan fingerprint density at radius 1 is 0.964 bits per heavy atom. The fourth-order valence-electron chi connectivity index (χ4n) is 3.10. The van der Waals surface area contributed by atoms with Gasteiger partial charge in [-0.2, -0.15) is 9.78 Å². The monoisotopic (exact) mass is 375 g/mol. The summed E-state index contributed by atoms with van der Waals surface area (Å²) < 4.78 is 29.3. The average Bonchev–Trinajstić information content (AvgIpc) is 2.70. The second-order valence-electron chi connectivity index (χ2n) is 6.21. The molecular formula is C22H15F2N3O. The maximum absolute atomic E-state index is 14.8. The quantitative estimate of drug-likeness (QED) is 0.499. The normalized spacial score (nSPS) is 11.4. The van der Waals surface area contributed by atoms with Gasteiger partial charge >= 0.3 is 0 Å². The van der Waals surface area contributed by atoms with E-state index in [0.717, 1.165) is 4.68 Å². The third kappa shape index (κ3) is 3.09. The van der Waals surface area contributed by atoms with Crippen LogP contribution in [0.2, 0.25) is 0 Å². The number of hydrogen-bond donors (Lipinski definition) is 0. The van der Waals surface area contributed by atoms with Crippen molar-refractivity contribution >= 4 is 17.0 Å². The van der Waals surface area contributed by atoms with Crippen molar-refractivity contribution in [3.63, 3.8) is 0 Å². The summed E-state index contributed by atoms with van der Waals surface area (Å²) in [5.41, 5.74) is 1.26. The number of aliphatic imine (C=N–C) groups is 1. The van der Waals surface area contributed by atoms with Crippen LogP contribution in [0.3, 0.4) is 0 Å². The molecule has 0 saturated carbocycles. The molecule has 3 aromatic carbocycles. The van der Waals surface area contributed by atoms with Gasteiger partial charge in [0.05, 0.1) is 11.1 Å². The van der Waals surface area contributed by atoms with E-state index in [1.165, 1.54) is 30.3 Å². The minimum absolute atomic E-state index is 0.264. The van der Waals surface area contributed by atoms with Crippen LogP contribution in [-0.2, 0) is 0 Å². The number of nitrogens with zero attached hydrogens (tertiary/aromatic N) is 3. The molecule has 138 valence electrons. The molecule has 0 amide bonds. The van der Waals surface area contributed by atoms with E-state index in [2.05, 4.69) is 10.1 Å². The van der Waals surface area contributed by atoms with Crippen molar-refractivity contribution in [2.24, 2.45) is 4.99 Å². The van der Waals surface area contributed by atoms with E-state index in [1.54, 1.807) is 49.7 Å². The molecule has 4 aromatic rings. The highest BCUT2D eigenvalue weighted by molar-refractivity contribution is 5.94. The molecule has 0 bridgehead atoms. The highest BCUT2D eigenvalue weighted by atomic mass is 19.1. The second kappa shape index (κ2) is 7.15. The van der Waals surface area contributed by atoms with Crippen molar-refractivity contribution in [2.45, 2.75) is 0 Å². The summed E-state index contributed by atoms with van der Waals surface area (Å²) in [6, 6.07) is 17.0.